The van der Waals surface area contributed by atoms with Crippen LogP contribution in [0.5, 0.6) is 0 Å². The normalized spacial score (nSPS) is 20.9. The number of carboxylic acid groups (broad SMARTS) is 1. The lowest BCUT2D eigenvalue weighted by Crippen LogP contribution is -2.43. The van der Waals surface area contributed by atoms with Crippen molar-refractivity contribution in [2.75, 3.05) is 6.54 Å². The molecule has 15 heavy (non-hydrogen) atoms. The summed E-state index contributed by atoms with van der Waals surface area (Å²) in [6.45, 7) is 3.51. The highest BCUT2D eigenvalue weighted by atomic mass is 16.4. The van der Waals surface area contributed by atoms with Gasteiger partial charge in [-0.05, 0) is 13.8 Å². The minimum absolute atomic E-state index is 0.0350. The van der Waals surface area contributed by atoms with E-state index in [4.69, 9.17) is 5.11 Å². The molecule has 1 saturated heterocycles. The van der Waals surface area contributed by atoms with E-state index in [1.807, 2.05) is 0 Å². The van der Waals surface area contributed by atoms with Gasteiger partial charge < -0.3 is 10.4 Å². The molecule has 0 aromatic heterocycles. The molecule has 0 radical (unpaired) electrons. The first-order chi connectivity index (χ1) is 6.91. The van der Waals surface area contributed by atoms with E-state index < -0.39 is 23.8 Å². The molecule has 0 bridgehead atoms. The Morgan fingerprint density at radius 1 is 1.53 bits per heavy atom. The zero-order chi connectivity index (χ0) is 11.6. The van der Waals surface area contributed by atoms with Crippen LogP contribution in [0.3, 0.4) is 0 Å². The lowest BCUT2D eigenvalue weighted by molar-refractivity contribution is -0.141. The summed E-state index contributed by atoms with van der Waals surface area (Å²) in [4.78, 5) is 34.3. The van der Waals surface area contributed by atoms with Crippen LogP contribution in [0.1, 0.15) is 20.3 Å². The number of carbonyl (C=O) groups is 3. The van der Waals surface area contributed by atoms with Crippen LogP contribution in [0.4, 0.5) is 4.79 Å². The second-order valence-corrected chi connectivity index (χ2v) is 3.85. The number of hydrogen-bond acceptors (Lipinski definition) is 3. The average Bonchev–Trinajstić information content (AvgIpc) is 2.46. The Bertz CT molecular complexity index is 300. The fourth-order valence-electron chi connectivity index (χ4n) is 1.39. The quantitative estimate of drug-likeness (QED) is 0.679. The maximum absolute atomic E-state index is 11.4. The van der Waals surface area contributed by atoms with Crippen LogP contribution in [-0.4, -0.2) is 40.5 Å². The molecule has 6 nitrogen and oxygen atoms in total. The second kappa shape index (κ2) is 4.29. The predicted octanol–water partition coefficient (Wildman–Crippen LogP) is 0.0375. The van der Waals surface area contributed by atoms with Crippen LogP contribution in [0.2, 0.25) is 0 Å². The molecule has 0 spiro atoms. The number of nitrogens with one attached hydrogen (secondary N) is 1. The molecule has 1 heterocycles. The molecular formula is C9H14N2O4. The third-order valence-corrected chi connectivity index (χ3v) is 2.13. The van der Waals surface area contributed by atoms with Crippen molar-refractivity contribution in [3.8, 4) is 0 Å². The SMILES string of the molecule is CC(C)NC(=O)N1CC(C(=O)O)CC1=O. The van der Waals surface area contributed by atoms with Gasteiger partial charge in [0.1, 0.15) is 0 Å². The summed E-state index contributed by atoms with van der Waals surface area (Å²) in [5, 5.41) is 11.2. The Kier molecular flexibility index (Phi) is 3.28. The molecule has 1 atom stereocenters. The Morgan fingerprint density at radius 2 is 2.13 bits per heavy atom. The maximum Gasteiger partial charge on any atom is 0.324 e. The Hall–Kier alpha value is -1.59. The molecule has 84 valence electrons. The van der Waals surface area contributed by atoms with Crippen molar-refractivity contribution in [1.29, 1.82) is 0 Å². The van der Waals surface area contributed by atoms with Crippen LogP contribution in [-0.2, 0) is 9.59 Å². The van der Waals surface area contributed by atoms with Crippen molar-refractivity contribution >= 4 is 17.9 Å². The fourth-order valence-corrected chi connectivity index (χ4v) is 1.39. The van der Waals surface area contributed by atoms with Gasteiger partial charge in [0.15, 0.2) is 0 Å². The molecule has 0 saturated carbocycles. The summed E-state index contributed by atoms with van der Waals surface area (Å²) < 4.78 is 0. The van der Waals surface area contributed by atoms with Gasteiger partial charge in [-0.1, -0.05) is 0 Å². The number of imide groups is 1. The van der Waals surface area contributed by atoms with E-state index in [0.29, 0.717) is 0 Å². The van der Waals surface area contributed by atoms with Gasteiger partial charge in [0.05, 0.1) is 5.92 Å². The van der Waals surface area contributed by atoms with Crippen molar-refractivity contribution in [3.05, 3.63) is 0 Å². The minimum Gasteiger partial charge on any atom is -0.481 e. The van der Waals surface area contributed by atoms with Gasteiger partial charge >= 0.3 is 12.0 Å². The fraction of sp³-hybridized carbons (Fsp3) is 0.667. The monoisotopic (exact) mass is 214 g/mol. The number of carboxylic acids is 1. The Balaban J connectivity index is 2.61. The van der Waals surface area contributed by atoms with E-state index >= 15 is 0 Å². The lowest BCUT2D eigenvalue weighted by Gasteiger charge is -2.16. The van der Waals surface area contributed by atoms with Gasteiger partial charge in [-0.2, -0.15) is 0 Å². The number of hydrogen-bond donors (Lipinski definition) is 2. The van der Waals surface area contributed by atoms with E-state index in [-0.39, 0.29) is 19.0 Å². The van der Waals surface area contributed by atoms with Crippen molar-refractivity contribution in [2.24, 2.45) is 5.92 Å². The van der Waals surface area contributed by atoms with Crippen molar-refractivity contribution in [2.45, 2.75) is 26.3 Å². The molecular weight excluding hydrogens is 200 g/mol. The number of amides is 3. The van der Waals surface area contributed by atoms with Gasteiger partial charge in [-0.3, -0.25) is 14.5 Å². The Labute approximate surface area is 87.2 Å². The first-order valence-electron chi connectivity index (χ1n) is 4.75. The molecule has 1 aliphatic heterocycles. The molecule has 1 rings (SSSR count). The van der Waals surface area contributed by atoms with Crippen molar-refractivity contribution in [3.63, 3.8) is 0 Å². The standard InChI is InChI=1S/C9H14N2O4/c1-5(2)10-9(15)11-4-6(8(13)14)3-7(11)12/h5-6H,3-4H2,1-2H3,(H,10,15)(H,13,14). The van der Waals surface area contributed by atoms with Crippen molar-refractivity contribution in [1.82, 2.24) is 10.2 Å². The average molecular weight is 214 g/mol. The van der Waals surface area contributed by atoms with Gasteiger partial charge in [-0.15, -0.1) is 0 Å². The maximum atomic E-state index is 11.4. The zero-order valence-electron chi connectivity index (χ0n) is 8.69. The zero-order valence-corrected chi connectivity index (χ0v) is 8.69. The largest absolute Gasteiger partial charge is 0.481 e. The van der Waals surface area contributed by atoms with E-state index in [2.05, 4.69) is 5.32 Å². The number of urea groups is 1. The molecule has 0 aliphatic carbocycles. The summed E-state index contributed by atoms with van der Waals surface area (Å²) in [6, 6.07) is -0.590. The summed E-state index contributed by atoms with van der Waals surface area (Å²) in [5.41, 5.74) is 0. The van der Waals surface area contributed by atoms with E-state index in [9.17, 15) is 14.4 Å². The highest BCUT2D eigenvalue weighted by molar-refractivity contribution is 5.98. The van der Waals surface area contributed by atoms with Crippen LogP contribution in [0.15, 0.2) is 0 Å². The van der Waals surface area contributed by atoms with Crippen LogP contribution in [0, 0.1) is 5.92 Å². The third-order valence-electron chi connectivity index (χ3n) is 2.13. The highest BCUT2D eigenvalue weighted by Gasteiger charge is 2.37. The van der Waals surface area contributed by atoms with Gasteiger partial charge in [0.2, 0.25) is 5.91 Å². The van der Waals surface area contributed by atoms with E-state index in [0.717, 1.165) is 4.90 Å². The topological polar surface area (TPSA) is 86.7 Å². The molecule has 0 aromatic carbocycles. The molecule has 3 amide bonds. The second-order valence-electron chi connectivity index (χ2n) is 3.85. The summed E-state index contributed by atoms with van der Waals surface area (Å²) >= 11 is 0. The first kappa shape index (κ1) is 11.5. The summed E-state index contributed by atoms with van der Waals surface area (Å²) in [6.07, 6.45) is -0.0964. The molecule has 6 heteroatoms. The number of rotatable bonds is 2. The van der Waals surface area contributed by atoms with Gasteiger partial charge in [-0.25, -0.2) is 4.79 Å². The van der Waals surface area contributed by atoms with E-state index in [1.54, 1.807) is 13.8 Å². The third kappa shape index (κ3) is 2.68. The Morgan fingerprint density at radius 3 is 2.53 bits per heavy atom. The number of carbonyl (C=O) groups excluding carboxylic acids is 2. The van der Waals surface area contributed by atoms with E-state index in [1.165, 1.54) is 0 Å². The van der Waals surface area contributed by atoms with Gasteiger partial charge in [0.25, 0.3) is 0 Å². The molecule has 1 unspecified atom stereocenters. The predicted molar refractivity (Wildman–Crippen MR) is 51.1 cm³/mol. The summed E-state index contributed by atoms with van der Waals surface area (Å²) in [7, 11) is 0. The first-order valence-corrected chi connectivity index (χ1v) is 4.75. The molecule has 1 aliphatic rings. The highest BCUT2D eigenvalue weighted by Crippen LogP contribution is 2.17. The van der Waals surface area contributed by atoms with Crippen LogP contribution >= 0.6 is 0 Å². The van der Waals surface area contributed by atoms with Crippen LogP contribution in [0.25, 0.3) is 0 Å². The molecule has 2 N–H and O–H groups in total. The number of nitrogens with zero attached hydrogens (tertiary/aromatic N) is 1. The summed E-state index contributed by atoms with van der Waals surface area (Å²) in [5.74, 6) is -2.24. The number of likely N-dealkylation sites (tertiary alicyclic amines) is 1. The minimum atomic E-state index is -1.04. The molecule has 1 fully saturated rings. The van der Waals surface area contributed by atoms with Crippen LogP contribution < -0.4 is 5.32 Å². The smallest absolute Gasteiger partial charge is 0.324 e. The number of aliphatic carboxylic acids is 1. The lowest BCUT2D eigenvalue weighted by atomic mass is 10.1. The van der Waals surface area contributed by atoms with Crippen molar-refractivity contribution < 1.29 is 19.5 Å². The van der Waals surface area contributed by atoms with Gasteiger partial charge in [0, 0.05) is 19.0 Å². The molecule has 0 aromatic rings.